The van der Waals surface area contributed by atoms with E-state index < -0.39 is 0 Å². The van der Waals surface area contributed by atoms with Crippen LogP contribution in [0.5, 0.6) is 5.88 Å². The number of aromatic nitrogens is 3. The summed E-state index contributed by atoms with van der Waals surface area (Å²) in [6.45, 7) is 6.08. The molecule has 0 saturated carbocycles. The molecule has 0 fully saturated rings. The summed E-state index contributed by atoms with van der Waals surface area (Å²) in [5.74, 6) is 0.657. The monoisotopic (exact) mass is 393 g/mol. The summed E-state index contributed by atoms with van der Waals surface area (Å²) in [7, 11) is 0. The lowest BCUT2D eigenvalue weighted by Crippen LogP contribution is -2.06. The summed E-state index contributed by atoms with van der Waals surface area (Å²) in [5.41, 5.74) is 4.38. The average Bonchev–Trinajstić information content (AvgIpc) is 2.79. The molecule has 0 spiro atoms. The molecule has 21 heavy (non-hydrogen) atoms. The predicted molar refractivity (Wildman–Crippen MR) is 91.6 cm³/mol. The molecule has 4 nitrogen and oxygen atoms in total. The smallest absolute Gasteiger partial charge is 0.213 e. The molecule has 3 heterocycles. The molecular weight excluding hydrogens is 377 g/mol. The van der Waals surface area contributed by atoms with Gasteiger partial charge < -0.3 is 4.74 Å². The van der Waals surface area contributed by atoms with Gasteiger partial charge in [0.05, 0.1) is 12.3 Å². The van der Waals surface area contributed by atoms with Crippen molar-refractivity contribution in [2.75, 3.05) is 0 Å². The van der Waals surface area contributed by atoms with E-state index in [0.717, 1.165) is 20.5 Å². The fourth-order valence-corrected chi connectivity index (χ4v) is 2.77. The lowest BCUT2D eigenvalue weighted by Gasteiger charge is -2.10. The number of aryl methyl sites for hydroxylation is 1. The third kappa shape index (κ3) is 2.88. The van der Waals surface area contributed by atoms with Crippen LogP contribution in [0.25, 0.3) is 16.8 Å². The number of pyridine rings is 2. The third-order valence-electron chi connectivity index (χ3n) is 3.21. The number of imidazole rings is 1. The van der Waals surface area contributed by atoms with Gasteiger partial charge in [-0.05, 0) is 61.1 Å². The number of fused-ring (bicyclic) bond motifs is 1. The maximum atomic E-state index is 5.58. The van der Waals surface area contributed by atoms with E-state index >= 15 is 0 Å². The van der Waals surface area contributed by atoms with Gasteiger partial charge in [0.2, 0.25) is 5.88 Å². The second-order valence-electron chi connectivity index (χ2n) is 5.23. The second kappa shape index (κ2) is 5.63. The van der Waals surface area contributed by atoms with Crippen molar-refractivity contribution in [1.29, 1.82) is 0 Å². The summed E-state index contributed by atoms with van der Waals surface area (Å²) in [5, 5.41) is 0. The summed E-state index contributed by atoms with van der Waals surface area (Å²) >= 11 is 2.28. The molecule has 0 aromatic carbocycles. The first-order valence-corrected chi connectivity index (χ1v) is 7.89. The SMILES string of the molecule is Cc1cc2ncc(I)n2cc1-c1ccc(OC(C)C)nc1. The van der Waals surface area contributed by atoms with E-state index in [0.29, 0.717) is 5.88 Å². The molecule has 5 heteroatoms. The predicted octanol–water partition coefficient (Wildman–Crippen LogP) is 4.10. The first-order chi connectivity index (χ1) is 10.0. The van der Waals surface area contributed by atoms with Crippen molar-refractivity contribution in [2.45, 2.75) is 26.9 Å². The topological polar surface area (TPSA) is 39.4 Å². The number of nitrogens with zero attached hydrogens (tertiary/aromatic N) is 3. The minimum Gasteiger partial charge on any atom is -0.475 e. The van der Waals surface area contributed by atoms with Gasteiger partial charge in [-0.2, -0.15) is 0 Å². The molecule has 0 aliphatic rings. The first-order valence-electron chi connectivity index (χ1n) is 6.81. The molecule has 0 bridgehead atoms. The molecule has 0 amide bonds. The molecule has 3 aromatic rings. The second-order valence-corrected chi connectivity index (χ2v) is 6.34. The van der Waals surface area contributed by atoms with Crippen LogP contribution in [0.2, 0.25) is 0 Å². The Hall–Kier alpha value is -1.63. The van der Waals surface area contributed by atoms with E-state index in [9.17, 15) is 0 Å². The molecule has 3 rings (SSSR count). The van der Waals surface area contributed by atoms with Crippen LogP contribution in [0.4, 0.5) is 0 Å². The molecule has 0 aliphatic heterocycles. The number of hydrogen-bond donors (Lipinski definition) is 0. The van der Waals surface area contributed by atoms with Crippen molar-refractivity contribution in [3.05, 3.63) is 46.1 Å². The van der Waals surface area contributed by atoms with Crippen molar-refractivity contribution in [3.8, 4) is 17.0 Å². The fourth-order valence-electron chi connectivity index (χ4n) is 2.24. The Labute approximate surface area is 137 Å². The van der Waals surface area contributed by atoms with Gasteiger partial charge in [-0.1, -0.05) is 0 Å². The van der Waals surface area contributed by atoms with Crippen molar-refractivity contribution in [3.63, 3.8) is 0 Å². The zero-order chi connectivity index (χ0) is 15.0. The Morgan fingerprint density at radius 1 is 1.19 bits per heavy atom. The number of ether oxygens (including phenoxy) is 1. The largest absolute Gasteiger partial charge is 0.475 e. The molecule has 0 N–H and O–H groups in total. The third-order valence-corrected chi connectivity index (χ3v) is 4.01. The Morgan fingerprint density at radius 3 is 2.67 bits per heavy atom. The summed E-state index contributed by atoms with van der Waals surface area (Å²) in [6.07, 6.45) is 5.97. The van der Waals surface area contributed by atoms with Gasteiger partial charge in [0.25, 0.3) is 0 Å². The van der Waals surface area contributed by atoms with Crippen molar-refractivity contribution < 1.29 is 4.74 Å². The van der Waals surface area contributed by atoms with Crippen molar-refractivity contribution >= 4 is 28.2 Å². The Kier molecular flexibility index (Phi) is 3.84. The highest BCUT2D eigenvalue weighted by molar-refractivity contribution is 14.1. The Balaban J connectivity index is 2.03. The number of hydrogen-bond acceptors (Lipinski definition) is 3. The highest BCUT2D eigenvalue weighted by Crippen LogP contribution is 2.26. The van der Waals surface area contributed by atoms with Gasteiger partial charge in [-0.15, -0.1) is 0 Å². The molecule has 0 unspecified atom stereocenters. The lowest BCUT2D eigenvalue weighted by molar-refractivity contribution is 0.232. The fraction of sp³-hybridized carbons (Fsp3) is 0.250. The summed E-state index contributed by atoms with van der Waals surface area (Å²) in [4.78, 5) is 8.76. The van der Waals surface area contributed by atoms with E-state index in [1.807, 2.05) is 38.4 Å². The van der Waals surface area contributed by atoms with Crippen LogP contribution in [0.1, 0.15) is 19.4 Å². The maximum Gasteiger partial charge on any atom is 0.213 e. The van der Waals surface area contributed by atoms with E-state index in [-0.39, 0.29) is 6.10 Å². The van der Waals surface area contributed by atoms with Crippen LogP contribution < -0.4 is 4.74 Å². The number of halogens is 1. The summed E-state index contributed by atoms with van der Waals surface area (Å²) < 4.78 is 8.76. The van der Waals surface area contributed by atoms with E-state index in [1.54, 1.807) is 0 Å². The van der Waals surface area contributed by atoms with Crippen LogP contribution in [0, 0.1) is 10.6 Å². The highest BCUT2D eigenvalue weighted by Gasteiger charge is 2.08. The zero-order valence-corrected chi connectivity index (χ0v) is 14.3. The van der Waals surface area contributed by atoms with Crippen LogP contribution in [-0.4, -0.2) is 20.5 Å². The lowest BCUT2D eigenvalue weighted by atomic mass is 10.1. The van der Waals surface area contributed by atoms with E-state index in [2.05, 4.69) is 56.1 Å². The summed E-state index contributed by atoms with van der Waals surface area (Å²) in [6, 6.07) is 6.05. The number of rotatable bonds is 3. The van der Waals surface area contributed by atoms with Gasteiger partial charge in [-0.25, -0.2) is 9.97 Å². The molecular formula is C16H16IN3O. The maximum absolute atomic E-state index is 5.58. The van der Waals surface area contributed by atoms with Gasteiger partial charge in [0, 0.05) is 29.6 Å². The zero-order valence-electron chi connectivity index (χ0n) is 12.2. The highest BCUT2D eigenvalue weighted by atomic mass is 127. The normalized spacial score (nSPS) is 11.3. The Morgan fingerprint density at radius 2 is 2.00 bits per heavy atom. The minimum absolute atomic E-state index is 0.133. The van der Waals surface area contributed by atoms with Gasteiger partial charge in [-0.3, -0.25) is 4.40 Å². The molecule has 0 atom stereocenters. The quantitative estimate of drug-likeness (QED) is 0.630. The molecule has 0 saturated heterocycles. The molecule has 108 valence electrons. The Bertz CT molecular complexity index is 778. The van der Waals surface area contributed by atoms with Crippen molar-refractivity contribution in [2.24, 2.45) is 0 Å². The average molecular weight is 393 g/mol. The molecule has 3 aromatic heterocycles. The van der Waals surface area contributed by atoms with Crippen molar-refractivity contribution in [1.82, 2.24) is 14.4 Å². The standard InChI is InChI=1S/C16H16IN3O/c1-10(2)21-16-5-4-12(7-19-16)13-9-20-14(17)8-18-15(20)6-11(13)3/h4-10H,1-3H3. The van der Waals surface area contributed by atoms with Gasteiger partial charge in [0.1, 0.15) is 9.35 Å². The van der Waals surface area contributed by atoms with Gasteiger partial charge >= 0.3 is 0 Å². The van der Waals surface area contributed by atoms with Crippen LogP contribution in [-0.2, 0) is 0 Å². The first kappa shape index (κ1) is 14.3. The van der Waals surface area contributed by atoms with E-state index in [4.69, 9.17) is 4.74 Å². The van der Waals surface area contributed by atoms with E-state index in [1.165, 1.54) is 5.56 Å². The van der Waals surface area contributed by atoms with Gasteiger partial charge in [0.15, 0.2) is 0 Å². The van der Waals surface area contributed by atoms with Crippen LogP contribution >= 0.6 is 22.6 Å². The molecule has 0 aliphatic carbocycles. The van der Waals surface area contributed by atoms with Crippen LogP contribution in [0.3, 0.4) is 0 Å². The van der Waals surface area contributed by atoms with Crippen LogP contribution in [0.15, 0.2) is 36.8 Å². The minimum atomic E-state index is 0.133. The molecule has 0 radical (unpaired) electrons.